The molecule has 3 rings (SSSR count). The third-order valence-corrected chi connectivity index (χ3v) is 4.90. The minimum atomic E-state index is 0.0323. The molecule has 0 aliphatic heterocycles. The van der Waals surface area contributed by atoms with E-state index in [2.05, 4.69) is 33.8 Å². The summed E-state index contributed by atoms with van der Waals surface area (Å²) in [6, 6.07) is 16.2. The van der Waals surface area contributed by atoms with Crippen LogP contribution in [0.2, 0.25) is 0 Å². The molecule has 1 aromatic heterocycles. The van der Waals surface area contributed by atoms with Gasteiger partial charge in [0, 0.05) is 17.0 Å². The normalized spacial score (nSPS) is 11.0. The zero-order valence-electron chi connectivity index (χ0n) is 16.2. The lowest BCUT2D eigenvalue weighted by molar-refractivity contribution is 0.103. The van der Waals surface area contributed by atoms with Crippen LogP contribution in [0.25, 0.3) is 17.1 Å². The van der Waals surface area contributed by atoms with Crippen molar-refractivity contribution in [2.75, 3.05) is 32.2 Å². The summed E-state index contributed by atoms with van der Waals surface area (Å²) in [5.41, 5.74) is 3.17. The van der Waals surface area contributed by atoms with Crippen LogP contribution in [0.15, 0.2) is 53.7 Å². The van der Waals surface area contributed by atoms with Gasteiger partial charge in [0.1, 0.15) is 5.75 Å². The Kier molecular flexibility index (Phi) is 7.47. The van der Waals surface area contributed by atoms with E-state index in [9.17, 15) is 0 Å². The molecule has 0 aliphatic rings. The van der Waals surface area contributed by atoms with Crippen LogP contribution in [0, 0.1) is 6.92 Å². The molecule has 0 unspecified atom stereocenters. The first-order valence-electron chi connectivity index (χ1n) is 9.30. The zero-order valence-corrected chi connectivity index (χ0v) is 17.0. The van der Waals surface area contributed by atoms with Crippen molar-refractivity contribution in [3.05, 3.63) is 54.1 Å². The fourth-order valence-electron chi connectivity index (χ4n) is 2.78. The quantitative estimate of drug-likeness (QED) is 0.414. The van der Waals surface area contributed by atoms with E-state index in [1.165, 1.54) is 5.56 Å². The molecule has 0 aliphatic carbocycles. The lowest BCUT2D eigenvalue weighted by atomic mass is 10.1. The van der Waals surface area contributed by atoms with Crippen LogP contribution in [0.5, 0.6) is 5.75 Å². The van der Waals surface area contributed by atoms with Gasteiger partial charge in [-0.05, 0) is 44.2 Å². The largest absolute Gasteiger partial charge is 0.494 e. The van der Waals surface area contributed by atoms with Crippen molar-refractivity contribution in [3.63, 3.8) is 0 Å². The maximum absolute atomic E-state index is 8.82. The first-order valence-corrected chi connectivity index (χ1v) is 10.3. The Bertz CT molecular complexity index is 881. The molecular formula is C21H25N3O3S. The summed E-state index contributed by atoms with van der Waals surface area (Å²) >= 11 is 1.58. The molecule has 2 aromatic carbocycles. The summed E-state index contributed by atoms with van der Waals surface area (Å²) in [6.07, 6.45) is 0. The number of thioether (sulfide) groups is 1. The molecule has 0 radical (unpaired) electrons. The van der Waals surface area contributed by atoms with Crippen molar-refractivity contribution >= 4 is 11.8 Å². The van der Waals surface area contributed by atoms with Gasteiger partial charge in [-0.15, -0.1) is 10.2 Å². The predicted octanol–water partition coefficient (Wildman–Crippen LogP) is 3.74. The summed E-state index contributed by atoms with van der Waals surface area (Å²) in [5, 5.41) is 18.5. The lowest BCUT2D eigenvalue weighted by Crippen LogP contribution is -2.04. The van der Waals surface area contributed by atoms with E-state index in [1.54, 1.807) is 11.8 Å². The summed E-state index contributed by atoms with van der Waals surface area (Å²) in [5.74, 6) is 2.36. The Morgan fingerprint density at radius 3 is 2.61 bits per heavy atom. The number of benzene rings is 2. The van der Waals surface area contributed by atoms with Crippen molar-refractivity contribution in [2.45, 2.75) is 19.0 Å². The second kappa shape index (κ2) is 10.3. The maximum Gasteiger partial charge on any atom is 0.196 e. The van der Waals surface area contributed by atoms with Crippen molar-refractivity contribution in [3.8, 4) is 22.8 Å². The SMILES string of the molecule is CCOc1ccc(-n2c(SCCOCCO)nnc2-c2cccc(C)c2)cc1. The van der Waals surface area contributed by atoms with Crippen molar-refractivity contribution in [1.82, 2.24) is 14.8 Å². The van der Waals surface area contributed by atoms with Crippen LogP contribution in [0.4, 0.5) is 0 Å². The van der Waals surface area contributed by atoms with Gasteiger partial charge in [-0.1, -0.05) is 35.5 Å². The topological polar surface area (TPSA) is 69.4 Å². The fraction of sp³-hybridized carbons (Fsp3) is 0.333. The highest BCUT2D eigenvalue weighted by atomic mass is 32.2. The minimum absolute atomic E-state index is 0.0323. The van der Waals surface area contributed by atoms with Crippen LogP contribution in [-0.2, 0) is 4.74 Å². The molecule has 1 N–H and O–H groups in total. The third kappa shape index (κ3) is 5.13. The van der Waals surface area contributed by atoms with Crippen molar-refractivity contribution in [1.29, 1.82) is 0 Å². The molecule has 28 heavy (non-hydrogen) atoms. The lowest BCUT2D eigenvalue weighted by Gasteiger charge is -2.12. The molecule has 0 fully saturated rings. The van der Waals surface area contributed by atoms with Crippen LogP contribution < -0.4 is 4.74 Å². The summed E-state index contributed by atoms with van der Waals surface area (Å²) in [7, 11) is 0. The average molecular weight is 400 g/mol. The Balaban J connectivity index is 1.92. The smallest absolute Gasteiger partial charge is 0.196 e. The van der Waals surface area contributed by atoms with E-state index in [4.69, 9.17) is 14.6 Å². The van der Waals surface area contributed by atoms with Crippen LogP contribution in [0.3, 0.4) is 0 Å². The number of hydrogen-bond donors (Lipinski definition) is 1. The van der Waals surface area contributed by atoms with Gasteiger partial charge >= 0.3 is 0 Å². The van der Waals surface area contributed by atoms with Crippen LogP contribution in [0.1, 0.15) is 12.5 Å². The van der Waals surface area contributed by atoms with Gasteiger partial charge in [0.25, 0.3) is 0 Å². The van der Waals surface area contributed by atoms with Gasteiger partial charge in [0.05, 0.1) is 26.4 Å². The molecular weight excluding hydrogens is 374 g/mol. The molecule has 7 heteroatoms. The molecule has 6 nitrogen and oxygen atoms in total. The second-order valence-corrected chi connectivity index (χ2v) is 7.18. The first-order chi connectivity index (χ1) is 13.7. The van der Waals surface area contributed by atoms with Crippen molar-refractivity contribution < 1.29 is 14.6 Å². The number of hydrogen-bond acceptors (Lipinski definition) is 6. The Hall–Kier alpha value is -2.35. The average Bonchev–Trinajstić information content (AvgIpc) is 3.13. The molecule has 0 spiro atoms. The van der Waals surface area contributed by atoms with Gasteiger partial charge < -0.3 is 14.6 Å². The maximum atomic E-state index is 8.82. The highest BCUT2D eigenvalue weighted by Crippen LogP contribution is 2.29. The van der Waals surface area contributed by atoms with E-state index in [1.807, 2.05) is 43.3 Å². The third-order valence-electron chi connectivity index (χ3n) is 4.01. The van der Waals surface area contributed by atoms with E-state index in [0.717, 1.165) is 33.7 Å². The molecule has 148 valence electrons. The highest BCUT2D eigenvalue weighted by Gasteiger charge is 2.16. The summed E-state index contributed by atoms with van der Waals surface area (Å²) in [4.78, 5) is 0. The minimum Gasteiger partial charge on any atom is -0.494 e. The Morgan fingerprint density at radius 2 is 1.89 bits per heavy atom. The van der Waals surface area contributed by atoms with Gasteiger partial charge in [-0.25, -0.2) is 0 Å². The number of ether oxygens (including phenoxy) is 2. The highest BCUT2D eigenvalue weighted by molar-refractivity contribution is 7.99. The number of aryl methyl sites for hydroxylation is 1. The van der Waals surface area contributed by atoms with E-state index in [-0.39, 0.29) is 6.61 Å². The number of aromatic nitrogens is 3. The van der Waals surface area contributed by atoms with E-state index in [0.29, 0.717) is 19.8 Å². The molecule has 3 aromatic rings. The van der Waals surface area contributed by atoms with Crippen LogP contribution in [-0.4, -0.2) is 52.1 Å². The standard InChI is InChI=1S/C21H25N3O3S/c1-3-27-19-9-7-18(8-10-19)24-20(17-6-4-5-16(2)15-17)22-23-21(24)28-14-13-26-12-11-25/h4-10,15,25H,3,11-14H2,1-2H3. The molecule has 0 saturated carbocycles. The monoisotopic (exact) mass is 399 g/mol. The Labute approximate surface area is 169 Å². The van der Waals surface area contributed by atoms with Gasteiger partial charge in [-0.3, -0.25) is 4.57 Å². The predicted molar refractivity (Wildman–Crippen MR) is 111 cm³/mol. The van der Waals surface area contributed by atoms with E-state index < -0.39 is 0 Å². The molecule has 0 atom stereocenters. The van der Waals surface area contributed by atoms with Gasteiger partial charge in [0.15, 0.2) is 11.0 Å². The number of nitrogens with zero attached hydrogens (tertiary/aromatic N) is 3. The van der Waals surface area contributed by atoms with E-state index >= 15 is 0 Å². The molecule has 0 amide bonds. The van der Waals surface area contributed by atoms with Crippen molar-refractivity contribution in [2.24, 2.45) is 0 Å². The van der Waals surface area contributed by atoms with Gasteiger partial charge in [-0.2, -0.15) is 0 Å². The first kappa shape index (κ1) is 20.4. The second-order valence-electron chi connectivity index (χ2n) is 6.12. The molecule has 1 heterocycles. The fourth-order valence-corrected chi connectivity index (χ4v) is 3.59. The molecule has 0 saturated heterocycles. The number of aliphatic hydroxyl groups excluding tert-OH is 1. The summed E-state index contributed by atoms with van der Waals surface area (Å²) < 4.78 is 13.0. The van der Waals surface area contributed by atoms with Crippen LogP contribution >= 0.6 is 11.8 Å². The molecule has 0 bridgehead atoms. The number of rotatable bonds is 10. The zero-order chi connectivity index (χ0) is 19.8. The van der Waals surface area contributed by atoms with Gasteiger partial charge in [0.2, 0.25) is 0 Å². The number of aliphatic hydroxyl groups is 1. The summed E-state index contributed by atoms with van der Waals surface area (Å²) in [6.45, 7) is 5.59. The Morgan fingerprint density at radius 1 is 1.07 bits per heavy atom.